The number of nitrogens with zero attached hydrogens (tertiary/aromatic N) is 4. The molecule has 0 aliphatic carbocycles. The summed E-state index contributed by atoms with van der Waals surface area (Å²) in [4.78, 5) is 17.1. The third-order valence-corrected chi connectivity index (χ3v) is 7.49. The Bertz CT molecular complexity index is 1970. The largest absolute Gasteiger partial charge is 0.453 e. The SMILES string of the molecule is c1ccc(-c2nc(-c3ccccc3)nc(-c3ccc4cccc(N5c6ccccc6Oc6ccccc65)c4c3)n2)cc1. The average molecular weight is 541 g/mol. The number of hydrogen-bond donors (Lipinski definition) is 0. The Kier molecular flexibility index (Phi) is 5.71. The van der Waals surface area contributed by atoms with Crippen LogP contribution in [-0.2, 0) is 0 Å². The highest BCUT2D eigenvalue weighted by atomic mass is 16.5. The standard InChI is InChI=1S/C37H24N4O/c1-3-12-26(13-4-1)35-38-36(27-14-5-2-6-15-27)40-37(39-35)28-23-22-25-16-11-19-30(29(25)24-28)41-31-17-7-9-20-33(31)42-34-21-10-8-18-32(34)41/h1-24H. The third-order valence-electron chi connectivity index (χ3n) is 7.49. The quantitative estimate of drug-likeness (QED) is 0.222. The molecule has 6 aromatic carbocycles. The van der Waals surface area contributed by atoms with Crippen LogP contribution in [-0.4, -0.2) is 15.0 Å². The Morgan fingerprint density at radius 2 is 0.905 bits per heavy atom. The number of hydrogen-bond acceptors (Lipinski definition) is 5. The number of para-hydroxylation sites is 4. The highest BCUT2D eigenvalue weighted by Crippen LogP contribution is 2.51. The molecule has 5 heteroatoms. The molecule has 1 aromatic heterocycles. The average Bonchev–Trinajstić information content (AvgIpc) is 3.07. The number of aromatic nitrogens is 3. The predicted octanol–water partition coefficient (Wildman–Crippen LogP) is 9.60. The summed E-state index contributed by atoms with van der Waals surface area (Å²) in [6.07, 6.45) is 0. The summed E-state index contributed by atoms with van der Waals surface area (Å²) >= 11 is 0. The first-order valence-corrected chi connectivity index (χ1v) is 13.9. The van der Waals surface area contributed by atoms with Crippen LogP contribution in [0, 0.1) is 0 Å². The van der Waals surface area contributed by atoms with Gasteiger partial charge in [-0.25, -0.2) is 15.0 Å². The van der Waals surface area contributed by atoms with Gasteiger partial charge in [-0.2, -0.15) is 0 Å². The van der Waals surface area contributed by atoms with Gasteiger partial charge in [0.1, 0.15) is 0 Å². The van der Waals surface area contributed by atoms with Crippen LogP contribution in [0.1, 0.15) is 0 Å². The molecule has 0 fully saturated rings. The van der Waals surface area contributed by atoms with Crippen LogP contribution in [0.4, 0.5) is 17.1 Å². The zero-order valence-electron chi connectivity index (χ0n) is 22.6. The fourth-order valence-electron chi connectivity index (χ4n) is 5.49. The first-order chi connectivity index (χ1) is 20.8. The summed E-state index contributed by atoms with van der Waals surface area (Å²) < 4.78 is 6.28. The number of ether oxygens (including phenoxy) is 1. The fourth-order valence-corrected chi connectivity index (χ4v) is 5.49. The van der Waals surface area contributed by atoms with Gasteiger partial charge in [0.05, 0.1) is 17.1 Å². The van der Waals surface area contributed by atoms with Gasteiger partial charge in [-0.3, -0.25) is 0 Å². The Morgan fingerprint density at radius 1 is 0.405 bits per heavy atom. The molecule has 1 aliphatic heterocycles. The molecule has 8 rings (SSSR count). The fraction of sp³-hybridized carbons (Fsp3) is 0. The van der Waals surface area contributed by atoms with Crippen LogP contribution in [0.15, 0.2) is 146 Å². The highest BCUT2D eigenvalue weighted by Gasteiger charge is 2.26. The van der Waals surface area contributed by atoms with Crippen LogP contribution >= 0.6 is 0 Å². The van der Waals surface area contributed by atoms with E-state index in [1.165, 1.54) is 0 Å². The summed E-state index contributed by atoms with van der Waals surface area (Å²) in [5.41, 5.74) is 5.85. The van der Waals surface area contributed by atoms with E-state index in [4.69, 9.17) is 19.7 Å². The lowest BCUT2D eigenvalue weighted by Gasteiger charge is -2.33. The second-order valence-corrected chi connectivity index (χ2v) is 10.1. The van der Waals surface area contributed by atoms with Crippen molar-refractivity contribution in [2.45, 2.75) is 0 Å². The Hall–Kier alpha value is -5.81. The van der Waals surface area contributed by atoms with Gasteiger partial charge in [0.15, 0.2) is 29.0 Å². The molecule has 2 heterocycles. The summed E-state index contributed by atoms with van der Waals surface area (Å²) in [5, 5.41) is 2.21. The predicted molar refractivity (Wildman–Crippen MR) is 168 cm³/mol. The first-order valence-electron chi connectivity index (χ1n) is 13.9. The summed E-state index contributed by atoms with van der Waals surface area (Å²) in [6.45, 7) is 0. The molecule has 0 N–H and O–H groups in total. The van der Waals surface area contributed by atoms with E-state index in [9.17, 15) is 0 Å². The van der Waals surface area contributed by atoms with Crippen LogP contribution in [0.25, 0.3) is 44.9 Å². The summed E-state index contributed by atoms with van der Waals surface area (Å²) in [7, 11) is 0. The normalized spacial score (nSPS) is 12.0. The highest BCUT2D eigenvalue weighted by molar-refractivity contribution is 6.02. The van der Waals surface area contributed by atoms with Gasteiger partial charge < -0.3 is 9.64 Å². The molecule has 42 heavy (non-hydrogen) atoms. The van der Waals surface area contributed by atoms with Gasteiger partial charge in [-0.15, -0.1) is 0 Å². The molecule has 198 valence electrons. The van der Waals surface area contributed by atoms with Gasteiger partial charge in [-0.05, 0) is 41.8 Å². The zero-order valence-corrected chi connectivity index (χ0v) is 22.6. The molecule has 7 aromatic rings. The van der Waals surface area contributed by atoms with Crippen molar-refractivity contribution in [1.29, 1.82) is 0 Å². The monoisotopic (exact) mass is 540 g/mol. The number of anilines is 3. The minimum absolute atomic E-state index is 0.627. The van der Waals surface area contributed by atoms with Gasteiger partial charge in [0.2, 0.25) is 0 Å². The van der Waals surface area contributed by atoms with E-state index in [-0.39, 0.29) is 0 Å². The van der Waals surface area contributed by atoms with E-state index in [0.29, 0.717) is 17.5 Å². The van der Waals surface area contributed by atoms with E-state index in [2.05, 4.69) is 53.4 Å². The number of fused-ring (bicyclic) bond motifs is 3. The van der Waals surface area contributed by atoms with Crippen LogP contribution < -0.4 is 9.64 Å². The topological polar surface area (TPSA) is 51.1 Å². The third kappa shape index (κ3) is 4.16. The maximum Gasteiger partial charge on any atom is 0.164 e. The second kappa shape index (κ2) is 9.98. The molecule has 0 unspecified atom stereocenters. The molecular weight excluding hydrogens is 516 g/mol. The lowest BCUT2D eigenvalue weighted by atomic mass is 10.0. The van der Waals surface area contributed by atoms with E-state index in [0.717, 1.165) is 56.0 Å². The van der Waals surface area contributed by atoms with Crippen LogP contribution in [0.2, 0.25) is 0 Å². The van der Waals surface area contributed by atoms with Crippen molar-refractivity contribution in [2.75, 3.05) is 4.90 Å². The molecule has 0 radical (unpaired) electrons. The molecule has 1 aliphatic rings. The molecule has 0 spiro atoms. The molecule has 0 atom stereocenters. The Labute approximate surface area is 243 Å². The van der Waals surface area contributed by atoms with Crippen molar-refractivity contribution in [3.05, 3.63) is 146 Å². The van der Waals surface area contributed by atoms with Crippen LogP contribution in [0.3, 0.4) is 0 Å². The minimum Gasteiger partial charge on any atom is -0.453 e. The van der Waals surface area contributed by atoms with Gasteiger partial charge in [0.25, 0.3) is 0 Å². The van der Waals surface area contributed by atoms with E-state index < -0.39 is 0 Å². The molecule has 5 nitrogen and oxygen atoms in total. The first kappa shape index (κ1) is 24.0. The lowest BCUT2D eigenvalue weighted by Crippen LogP contribution is -2.15. The number of benzene rings is 6. The minimum atomic E-state index is 0.627. The lowest BCUT2D eigenvalue weighted by molar-refractivity contribution is 0.477. The zero-order chi connectivity index (χ0) is 27.9. The molecular formula is C37H24N4O. The maximum absolute atomic E-state index is 6.28. The van der Waals surface area contributed by atoms with Crippen molar-refractivity contribution in [3.8, 4) is 45.7 Å². The van der Waals surface area contributed by atoms with Crippen molar-refractivity contribution >= 4 is 27.8 Å². The van der Waals surface area contributed by atoms with Gasteiger partial charge in [-0.1, -0.05) is 109 Å². The molecule has 0 saturated heterocycles. The second-order valence-electron chi connectivity index (χ2n) is 10.1. The van der Waals surface area contributed by atoms with Crippen molar-refractivity contribution in [3.63, 3.8) is 0 Å². The maximum atomic E-state index is 6.28. The van der Waals surface area contributed by atoms with E-state index in [1.807, 2.05) is 97.1 Å². The van der Waals surface area contributed by atoms with Crippen molar-refractivity contribution < 1.29 is 4.74 Å². The van der Waals surface area contributed by atoms with Crippen molar-refractivity contribution in [2.24, 2.45) is 0 Å². The van der Waals surface area contributed by atoms with E-state index in [1.54, 1.807) is 0 Å². The molecule has 0 bridgehead atoms. The Balaban J connectivity index is 1.33. The van der Waals surface area contributed by atoms with Gasteiger partial charge in [0, 0.05) is 22.1 Å². The van der Waals surface area contributed by atoms with Crippen molar-refractivity contribution in [1.82, 2.24) is 15.0 Å². The molecule has 0 amide bonds. The number of rotatable bonds is 4. The van der Waals surface area contributed by atoms with E-state index >= 15 is 0 Å². The summed E-state index contributed by atoms with van der Waals surface area (Å²) in [5.74, 6) is 3.55. The smallest absolute Gasteiger partial charge is 0.164 e. The molecule has 0 saturated carbocycles. The Morgan fingerprint density at radius 3 is 1.50 bits per heavy atom. The van der Waals surface area contributed by atoms with Gasteiger partial charge >= 0.3 is 0 Å². The summed E-state index contributed by atoms with van der Waals surface area (Å²) in [6, 6.07) is 49.2. The van der Waals surface area contributed by atoms with Crippen LogP contribution in [0.5, 0.6) is 11.5 Å².